The topological polar surface area (TPSA) is 63.1 Å². The zero-order valence-corrected chi connectivity index (χ0v) is 19.6. The van der Waals surface area contributed by atoms with E-state index in [9.17, 15) is 4.79 Å². The molecular formula is C26H39N5O. The number of hydrogen-bond acceptors (Lipinski definition) is 4. The molecule has 0 aromatic carbocycles. The van der Waals surface area contributed by atoms with Crippen LogP contribution >= 0.6 is 0 Å². The Hall–Kier alpha value is -2.21. The van der Waals surface area contributed by atoms with E-state index in [0.29, 0.717) is 11.5 Å². The van der Waals surface area contributed by atoms with Gasteiger partial charge in [0.25, 0.3) is 5.91 Å². The molecule has 174 valence electrons. The number of rotatable bonds is 9. The number of likely N-dealkylation sites (tertiary alicyclic amines) is 1. The summed E-state index contributed by atoms with van der Waals surface area (Å²) in [6.45, 7) is 5.89. The van der Waals surface area contributed by atoms with Crippen molar-refractivity contribution in [1.82, 2.24) is 24.8 Å². The second kappa shape index (κ2) is 11.6. The third kappa shape index (κ3) is 6.18. The fourth-order valence-electron chi connectivity index (χ4n) is 5.50. The van der Waals surface area contributed by atoms with Crippen LogP contribution in [0.1, 0.15) is 81.5 Å². The Morgan fingerprint density at radius 3 is 2.84 bits per heavy atom. The van der Waals surface area contributed by atoms with Gasteiger partial charge in [-0.2, -0.15) is 0 Å². The van der Waals surface area contributed by atoms with Crippen molar-refractivity contribution >= 4 is 5.91 Å². The van der Waals surface area contributed by atoms with E-state index in [2.05, 4.69) is 27.1 Å². The molecule has 3 atom stereocenters. The van der Waals surface area contributed by atoms with E-state index in [0.717, 1.165) is 24.7 Å². The van der Waals surface area contributed by atoms with E-state index in [-0.39, 0.29) is 11.9 Å². The summed E-state index contributed by atoms with van der Waals surface area (Å²) in [5.74, 6) is 2.20. The van der Waals surface area contributed by atoms with Crippen LogP contribution < -0.4 is 5.32 Å². The van der Waals surface area contributed by atoms with Crippen LogP contribution in [0.5, 0.6) is 0 Å². The third-order valence-corrected chi connectivity index (χ3v) is 7.32. The lowest BCUT2D eigenvalue weighted by atomic mass is 9.83. The average Bonchev–Trinajstić information content (AvgIpc) is 3.36. The second-order valence-electron chi connectivity index (χ2n) is 9.76. The van der Waals surface area contributed by atoms with E-state index in [1.165, 1.54) is 70.9 Å². The summed E-state index contributed by atoms with van der Waals surface area (Å²) in [4.78, 5) is 24.1. The molecule has 1 saturated heterocycles. The monoisotopic (exact) mass is 437 g/mol. The van der Waals surface area contributed by atoms with Crippen LogP contribution in [0.25, 0.3) is 5.82 Å². The van der Waals surface area contributed by atoms with Crippen molar-refractivity contribution in [1.29, 1.82) is 0 Å². The molecule has 0 radical (unpaired) electrons. The van der Waals surface area contributed by atoms with E-state index in [1.54, 1.807) is 18.7 Å². The highest BCUT2D eigenvalue weighted by molar-refractivity contribution is 5.94. The first-order valence-corrected chi connectivity index (χ1v) is 12.7. The number of piperidine rings is 1. The Morgan fingerprint density at radius 2 is 2.06 bits per heavy atom. The first-order chi connectivity index (χ1) is 15.7. The molecule has 4 rings (SSSR count). The molecule has 3 heterocycles. The molecule has 2 aliphatic rings. The van der Waals surface area contributed by atoms with Crippen LogP contribution in [0, 0.1) is 11.8 Å². The number of unbranched alkanes of at least 4 members (excludes halogenated alkanes) is 2. The molecule has 2 aromatic heterocycles. The standard InChI is InChI=1S/C26H39N5O/c1-2-3-4-8-21-9-7-15-30(18-21)19-23-10-5-6-11-24(23)29-26(32)22-12-13-25(28-17-22)31-16-14-27-20-31/h12-14,16-17,20-21,23-24H,2-11,15,18-19H2,1H3,(H,29,32)/t21-,23?,24?/m1/s1. The summed E-state index contributed by atoms with van der Waals surface area (Å²) in [6.07, 6.45) is 19.9. The predicted molar refractivity (Wildman–Crippen MR) is 128 cm³/mol. The number of carbonyl (C=O) groups excluding carboxylic acids is 1. The van der Waals surface area contributed by atoms with Gasteiger partial charge < -0.3 is 10.2 Å². The average molecular weight is 438 g/mol. The van der Waals surface area contributed by atoms with E-state index in [4.69, 9.17) is 0 Å². The number of pyridine rings is 1. The number of nitrogens with one attached hydrogen (secondary N) is 1. The largest absolute Gasteiger partial charge is 0.349 e. The number of nitrogens with zero attached hydrogens (tertiary/aromatic N) is 4. The number of aromatic nitrogens is 3. The predicted octanol–water partition coefficient (Wildman–Crippen LogP) is 4.85. The van der Waals surface area contributed by atoms with Crippen molar-refractivity contribution in [2.75, 3.05) is 19.6 Å². The van der Waals surface area contributed by atoms with E-state index >= 15 is 0 Å². The van der Waals surface area contributed by atoms with Gasteiger partial charge in [-0.15, -0.1) is 0 Å². The fraction of sp³-hybridized carbons (Fsp3) is 0.654. The molecule has 1 aliphatic carbocycles. The van der Waals surface area contributed by atoms with Crippen molar-refractivity contribution in [3.63, 3.8) is 0 Å². The zero-order chi connectivity index (χ0) is 22.2. The first-order valence-electron chi connectivity index (χ1n) is 12.7. The zero-order valence-electron chi connectivity index (χ0n) is 19.6. The van der Waals surface area contributed by atoms with Gasteiger partial charge in [0.2, 0.25) is 0 Å². The maximum atomic E-state index is 13.0. The molecule has 32 heavy (non-hydrogen) atoms. The summed E-state index contributed by atoms with van der Waals surface area (Å²) in [6, 6.07) is 4.01. The van der Waals surface area contributed by atoms with Gasteiger partial charge in [-0.25, -0.2) is 9.97 Å². The molecule has 0 bridgehead atoms. The lowest BCUT2D eigenvalue weighted by Gasteiger charge is -2.39. The molecule has 2 unspecified atom stereocenters. The molecule has 2 aromatic rings. The van der Waals surface area contributed by atoms with Gasteiger partial charge in [0.1, 0.15) is 12.1 Å². The minimum absolute atomic E-state index is 0.00247. The molecule has 0 spiro atoms. The number of amides is 1. The number of carbonyl (C=O) groups is 1. The van der Waals surface area contributed by atoms with Gasteiger partial charge in [0.15, 0.2) is 0 Å². The summed E-state index contributed by atoms with van der Waals surface area (Å²) >= 11 is 0. The van der Waals surface area contributed by atoms with Crippen molar-refractivity contribution in [3.05, 3.63) is 42.6 Å². The SMILES string of the molecule is CCCCC[C@@H]1CCCN(CC2CCCCC2NC(=O)c2ccc(-n3ccnc3)nc2)C1. The van der Waals surface area contributed by atoms with Crippen LogP contribution in [-0.4, -0.2) is 51.0 Å². The molecule has 2 fully saturated rings. The number of imidazole rings is 1. The minimum atomic E-state index is 0.00247. The highest BCUT2D eigenvalue weighted by atomic mass is 16.1. The maximum absolute atomic E-state index is 13.0. The molecule has 1 N–H and O–H groups in total. The minimum Gasteiger partial charge on any atom is -0.349 e. The lowest BCUT2D eigenvalue weighted by Crippen LogP contribution is -2.48. The second-order valence-corrected chi connectivity index (χ2v) is 9.76. The van der Waals surface area contributed by atoms with Gasteiger partial charge in [0.05, 0.1) is 5.56 Å². The van der Waals surface area contributed by atoms with Crippen LogP contribution in [0.15, 0.2) is 37.1 Å². The van der Waals surface area contributed by atoms with Crippen LogP contribution in [0.4, 0.5) is 0 Å². The fourth-order valence-corrected chi connectivity index (χ4v) is 5.50. The quantitative estimate of drug-likeness (QED) is 0.570. The summed E-state index contributed by atoms with van der Waals surface area (Å²) in [5, 5.41) is 3.36. The third-order valence-electron chi connectivity index (χ3n) is 7.32. The van der Waals surface area contributed by atoms with Gasteiger partial charge in [-0.05, 0) is 62.6 Å². The summed E-state index contributed by atoms with van der Waals surface area (Å²) in [7, 11) is 0. The molecule has 6 nitrogen and oxygen atoms in total. The van der Waals surface area contributed by atoms with Gasteiger partial charge in [-0.3, -0.25) is 9.36 Å². The Morgan fingerprint density at radius 1 is 1.16 bits per heavy atom. The molecule has 1 aliphatic heterocycles. The molecule has 1 saturated carbocycles. The van der Waals surface area contributed by atoms with Crippen LogP contribution in [-0.2, 0) is 0 Å². The molecular weight excluding hydrogens is 398 g/mol. The highest BCUT2D eigenvalue weighted by Crippen LogP contribution is 2.28. The van der Waals surface area contributed by atoms with E-state index < -0.39 is 0 Å². The van der Waals surface area contributed by atoms with Gasteiger partial charge in [-0.1, -0.05) is 39.0 Å². The molecule has 1 amide bonds. The van der Waals surface area contributed by atoms with Crippen molar-refractivity contribution in [2.45, 2.75) is 77.2 Å². The Bertz CT molecular complexity index is 819. The summed E-state index contributed by atoms with van der Waals surface area (Å²) in [5.41, 5.74) is 0.632. The van der Waals surface area contributed by atoms with Crippen molar-refractivity contribution in [2.24, 2.45) is 11.8 Å². The Kier molecular flexibility index (Phi) is 8.32. The smallest absolute Gasteiger partial charge is 0.253 e. The molecule has 6 heteroatoms. The van der Waals surface area contributed by atoms with Crippen LogP contribution in [0.3, 0.4) is 0 Å². The summed E-state index contributed by atoms with van der Waals surface area (Å²) < 4.78 is 1.84. The number of hydrogen-bond donors (Lipinski definition) is 1. The Labute approximate surface area is 192 Å². The van der Waals surface area contributed by atoms with Gasteiger partial charge >= 0.3 is 0 Å². The van der Waals surface area contributed by atoms with Gasteiger partial charge in [0, 0.05) is 37.7 Å². The van der Waals surface area contributed by atoms with Crippen LogP contribution in [0.2, 0.25) is 0 Å². The Balaban J connectivity index is 1.31. The highest BCUT2D eigenvalue weighted by Gasteiger charge is 2.30. The first kappa shape index (κ1) is 23.0. The maximum Gasteiger partial charge on any atom is 0.253 e. The van der Waals surface area contributed by atoms with Crippen molar-refractivity contribution < 1.29 is 4.79 Å². The normalized spacial score (nSPS) is 24.3. The van der Waals surface area contributed by atoms with Crippen molar-refractivity contribution in [3.8, 4) is 5.82 Å². The lowest BCUT2D eigenvalue weighted by molar-refractivity contribution is 0.0852. The van der Waals surface area contributed by atoms with E-state index in [1.807, 2.05) is 22.9 Å².